The van der Waals surface area contributed by atoms with E-state index in [0.717, 1.165) is 30.8 Å². The van der Waals surface area contributed by atoms with Gasteiger partial charge in [0.05, 0.1) is 0 Å². The van der Waals surface area contributed by atoms with Gasteiger partial charge >= 0.3 is 0 Å². The summed E-state index contributed by atoms with van der Waals surface area (Å²) in [5, 5.41) is 4.99. The average molecular weight is 426 g/mol. The number of thiophene rings is 1. The number of nitrogens with zero attached hydrogens (tertiary/aromatic N) is 2. The van der Waals surface area contributed by atoms with Crippen LogP contribution in [0, 0.1) is 0 Å². The maximum atomic E-state index is 13.4. The zero-order chi connectivity index (χ0) is 21.6. The van der Waals surface area contributed by atoms with E-state index in [1.54, 1.807) is 11.0 Å². The lowest BCUT2D eigenvalue weighted by Gasteiger charge is -2.32. The van der Waals surface area contributed by atoms with Crippen molar-refractivity contribution in [2.24, 2.45) is 0 Å². The van der Waals surface area contributed by atoms with Gasteiger partial charge in [0.25, 0.3) is 5.91 Å². The van der Waals surface area contributed by atoms with E-state index < -0.39 is 11.6 Å². The third-order valence-electron chi connectivity index (χ3n) is 4.91. The minimum atomic E-state index is -0.731. The Labute approximate surface area is 183 Å². The first-order chi connectivity index (χ1) is 14.3. The zero-order valence-electron chi connectivity index (χ0n) is 18.0. The van der Waals surface area contributed by atoms with E-state index in [4.69, 9.17) is 0 Å². The number of nitrogens with one attached hydrogen (secondary N) is 1. The number of hydrogen-bond donors (Lipinski definition) is 1. The Bertz CT molecular complexity index is 850. The minimum Gasteiger partial charge on any atom is -0.377 e. The van der Waals surface area contributed by atoms with Gasteiger partial charge < -0.3 is 10.2 Å². The first-order valence-electron chi connectivity index (χ1n) is 10.5. The first-order valence-corrected chi connectivity index (χ1v) is 11.4. The van der Waals surface area contributed by atoms with Crippen molar-refractivity contribution in [2.75, 3.05) is 18.0 Å². The Kier molecular flexibility index (Phi) is 7.32. The monoisotopic (exact) mass is 425 g/mol. The number of piperidine rings is 1. The summed E-state index contributed by atoms with van der Waals surface area (Å²) in [6.07, 6.45) is 7.01. The number of benzene rings is 1. The number of para-hydroxylation sites is 1. The van der Waals surface area contributed by atoms with Gasteiger partial charge in [-0.2, -0.15) is 0 Å². The van der Waals surface area contributed by atoms with E-state index in [1.165, 1.54) is 17.8 Å². The van der Waals surface area contributed by atoms with Crippen molar-refractivity contribution in [2.45, 2.75) is 51.6 Å². The molecule has 0 bridgehead atoms. The highest BCUT2D eigenvalue weighted by Gasteiger charge is 2.34. The predicted octanol–water partition coefficient (Wildman–Crippen LogP) is 4.74. The molecule has 160 valence electrons. The summed E-state index contributed by atoms with van der Waals surface area (Å²) in [7, 11) is 0. The molecule has 0 radical (unpaired) electrons. The highest BCUT2D eigenvalue weighted by molar-refractivity contribution is 7.10. The number of carbonyl (C=O) groups is 2. The predicted molar refractivity (Wildman–Crippen MR) is 123 cm³/mol. The van der Waals surface area contributed by atoms with Crippen LogP contribution in [0.1, 0.15) is 51.0 Å². The molecule has 0 saturated carbocycles. The van der Waals surface area contributed by atoms with Crippen LogP contribution in [0.15, 0.2) is 60.1 Å². The first kappa shape index (κ1) is 22.1. The second-order valence-corrected chi connectivity index (χ2v) is 9.59. The smallest absolute Gasteiger partial charge is 0.253 e. The van der Waals surface area contributed by atoms with Crippen molar-refractivity contribution in [3.05, 3.63) is 65.0 Å². The second-order valence-electron chi connectivity index (χ2n) is 8.61. The molecule has 2 amide bonds. The molecule has 5 nitrogen and oxygen atoms in total. The maximum absolute atomic E-state index is 13.4. The molecule has 1 aromatic carbocycles. The lowest BCUT2D eigenvalue weighted by Crippen LogP contribution is -2.49. The van der Waals surface area contributed by atoms with Crippen molar-refractivity contribution in [3.8, 4) is 0 Å². The van der Waals surface area contributed by atoms with Gasteiger partial charge in [-0.25, -0.2) is 0 Å². The topological polar surface area (TPSA) is 52.7 Å². The van der Waals surface area contributed by atoms with E-state index in [0.29, 0.717) is 5.69 Å². The summed E-state index contributed by atoms with van der Waals surface area (Å²) in [5.41, 5.74) is 0.301. The summed E-state index contributed by atoms with van der Waals surface area (Å²) in [6.45, 7) is 7.77. The largest absolute Gasteiger partial charge is 0.377 e. The highest BCUT2D eigenvalue weighted by Crippen LogP contribution is 2.31. The van der Waals surface area contributed by atoms with Crippen molar-refractivity contribution in [1.29, 1.82) is 0 Å². The standard InChI is InChI=1S/C24H31N3O2S/c1-24(2,3)25-23(29)22(20-13-10-18-30-20)27(19-11-6-4-7-12-19)21(28)14-17-26-15-8-5-9-16-26/h4,6-7,10-14,17-18,22H,5,8-9,15-16H2,1-3H3,(H,25,29)/b17-14+. The quantitative estimate of drug-likeness (QED) is 0.681. The molecule has 1 fully saturated rings. The summed E-state index contributed by atoms with van der Waals surface area (Å²) in [4.78, 5) is 31.4. The zero-order valence-corrected chi connectivity index (χ0v) is 18.8. The van der Waals surface area contributed by atoms with Crippen LogP contribution in [-0.2, 0) is 9.59 Å². The molecule has 0 spiro atoms. The Morgan fingerprint density at radius 2 is 1.77 bits per heavy atom. The minimum absolute atomic E-state index is 0.187. The molecule has 3 rings (SSSR count). The normalized spacial score (nSPS) is 15.8. The van der Waals surface area contributed by atoms with Gasteiger partial charge in [-0.15, -0.1) is 11.3 Å². The number of likely N-dealkylation sites (tertiary alicyclic amines) is 1. The summed E-state index contributed by atoms with van der Waals surface area (Å²) in [6, 6.07) is 12.5. The number of hydrogen-bond acceptors (Lipinski definition) is 4. The molecule has 0 aliphatic carbocycles. The summed E-state index contributed by atoms with van der Waals surface area (Å²) >= 11 is 1.48. The van der Waals surface area contributed by atoms with E-state index in [2.05, 4.69) is 10.2 Å². The molecule has 1 aromatic heterocycles. The van der Waals surface area contributed by atoms with Gasteiger partial charge in [-0.05, 0) is 63.6 Å². The number of rotatable bonds is 6. The van der Waals surface area contributed by atoms with E-state index in [1.807, 2.05) is 74.8 Å². The SMILES string of the molecule is CC(C)(C)NC(=O)C(c1cccs1)N(C(=O)/C=C/N1CCCCC1)c1ccccc1. The van der Waals surface area contributed by atoms with Crippen LogP contribution in [-0.4, -0.2) is 35.3 Å². The molecule has 1 N–H and O–H groups in total. The average Bonchev–Trinajstić information content (AvgIpc) is 3.24. The van der Waals surface area contributed by atoms with Crippen LogP contribution in [0.5, 0.6) is 0 Å². The maximum Gasteiger partial charge on any atom is 0.253 e. The fraction of sp³-hybridized carbons (Fsp3) is 0.417. The molecule has 1 aliphatic heterocycles. The third-order valence-corrected chi connectivity index (χ3v) is 5.83. The fourth-order valence-corrected chi connectivity index (χ4v) is 4.38. The lowest BCUT2D eigenvalue weighted by atomic mass is 10.1. The van der Waals surface area contributed by atoms with Crippen molar-refractivity contribution in [1.82, 2.24) is 10.2 Å². The van der Waals surface area contributed by atoms with E-state index >= 15 is 0 Å². The Hall–Kier alpha value is -2.60. The van der Waals surface area contributed by atoms with Crippen LogP contribution in [0.3, 0.4) is 0 Å². The summed E-state index contributed by atoms with van der Waals surface area (Å²) in [5.74, 6) is -0.386. The molecule has 2 aromatic rings. The van der Waals surface area contributed by atoms with Gasteiger partial charge in [0.15, 0.2) is 6.04 Å². The molecule has 1 atom stereocenters. The number of amides is 2. The van der Waals surface area contributed by atoms with Crippen LogP contribution >= 0.6 is 11.3 Å². The van der Waals surface area contributed by atoms with Crippen LogP contribution in [0.25, 0.3) is 0 Å². The number of carbonyl (C=O) groups excluding carboxylic acids is 2. The highest BCUT2D eigenvalue weighted by atomic mass is 32.1. The van der Waals surface area contributed by atoms with Gasteiger partial charge in [0.1, 0.15) is 0 Å². The third kappa shape index (κ3) is 5.95. The van der Waals surface area contributed by atoms with Crippen molar-refractivity contribution >= 4 is 28.8 Å². The van der Waals surface area contributed by atoms with Crippen LogP contribution in [0.2, 0.25) is 0 Å². The Morgan fingerprint density at radius 3 is 2.37 bits per heavy atom. The fourth-order valence-electron chi connectivity index (χ4n) is 3.57. The van der Waals surface area contributed by atoms with Gasteiger partial charge in [0, 0.05) is 41.5 Å². The van der Waals surface area contributed by atoms with Crippen LogP contribution < -0.4 is 10.2 Å². The van der Waals surface area contributed by atoms with Gasteiger partial charge in [-0.1, -0.05) is 24.3 Å². The second kappa shape index (κ2) is 9.94. The molecular weight excluding hydrogens is 394 g/mol. The number of anilines is 1. The molecule has 2 heterocycles. The van der Waals surface area contributed by atoms with Crippen molar-refractivity contribution < 1.29 is 9.59 Å². The molecular formula is C24H31N3O2S. The Balaban J connectivity index is 1.96. The Morgan fingerprint density at radius 1 is 1.07 bits per heavy atom. The molecule has 6 heteroatoms. The molecule has 30 heavy (non-hydrogen) atoms. The molecule has 1 aliphatic rings. The van der Waals surface area contributed by atoms with Crippen LogP contribution in [0.4, 0.5) is 5.69 Å². The molecule has 1 saturated heterocycles. The van der Waals surface area contributed by atoms with Crippen molar-refractivity contribution in [3.63, 3.8) is 0 Å². The summed E-state index contributed by atoms with van der Waals surface area (Å²) < 4.78 is 0. The van der Waals surface area contributed by atoms with Gasteiger partial charge in [0.2, 0.25) is 5.91 Å². The lowest BCUT2D eigenvalue weighted by molar-refractivity contribution is -0.126. The molecule has 1 unspecified atom stereocenters. The van der Waals surface area contributed by atoms with E-state index in [-0.39, 0.29) is 11.8 Å². The van der Waals surface area contributed by atoms with E-state index in [9.17, 15) is 9.59 Å². The van der Waals surface area contributed by atoms with Gasteiger partial charge in [-0.3, -0.25) is 14.5 Å².